The molecule has 1 heterocycles. The summed E-state index contributed by atoms with van der Waals surface area (Å²) < 4.78 is 5.54. The Balaban J connectivity index is 1.61. The van der Waals surface area contributed by atoms with E-state index in [2.05, 4.69) is 0 Å². The molecule has 0 radical (unpaired) electrons. The van der Waals surface area contributed by atoms with Gasteiger partial charge in [-0.05, 0) is 56.7 Å². The Labute approximate surface area is 160 Å². The molecule has 0 N–H and O–H groups in total. The standard InChI is InChI=1S/C22H26N2O3/c1-4-27-20-10-9-19(15-17(20)3)22(26)24-13-11-23(12-14-24)21(25)18-7-5-16(2)6-8-18/h5-10,15H,4,11-14H2,1-3H3. The maximum atomic E-state index is 12.8. The molecule has 0 spiro atoms. The van der Waals surface area contributed by atoms with E-state index in [1.165, 1.54) is 0 Å². The Kier molecular flexibility index (Phi) is 5.79. The highest BCUT2D eigenvalue weighted by Gasteiger charge is 2.25. The molecule has 0 atom stereocenters. The minimum atomic E-state index is 0.00332. The molecule has 5 nitrogen and oxygen atoms in total. The third kappa shape index (κ3) is 4.30. The van der Waals surface area contributed by atoms with Crippen LogP contribution in [0.15, 0.2) is 42.5 Å². The van der Waals surface area contributed by atoms with E-state index in [-0.39, 0.29) is 11.8 Å². The first kappa shape index (κ1) is 19.0. The van der Waals surface area contributed by atoms with Crippen molar-refractivity contribution in [3.05, 3.63) is 64.7 Å². The van der Waals surface area contributed by atoms with Crippen LogP contribution < -0.4 is 4.74 Å². The normalized spacial score (nSPS) is 14.2. The highest BCUT2D eigenvalue weighted by atomic mass is 16.5. The summed E-state index contributed by atoms with van der Waals surface area (Å²) in [4.78, 5) is 29.0. The Hall–Kier alpha value is -2.82. The zero-order valence-electron chi connectivity index (χ0n) is 16.2. The van der Waals surface area contributed by atoms with Gasteiger partial charge in [-0.1, -0.05) is 17.7 Å². The summed E-state index contributed by atoms with van der Waals surface area (Å²) in [5.41, 5.74) is 3.44. The van der Waals surface area contributed by atoms with E-state index in [0.29, 0.717) is 43.9 Å². The van der Waals surface area contributed by atoms with Crippen LogP contribution in [0.1, 0.15) is 38.8 Å². The molecular formula is C22H26N2O3. The first-order valence-corrected chi connectivity index (χ1v) is 9.38. The molecule has 142 valence electrons. The number of piperazine rings is 1. The van der Waals surface area contributed by atoms with Crippen molar-refractivity contribution in [2.24, 2.45) is 0 Å². The summed E-state index contributed by atoms with van der Waals surface area (Å²) in [7, 11) is 0. The predicted molar refractivity (Wildman–Crippen MR) is 105 cm³/mol. The van der Waals surface area contributed by atoms with Gasteiger partial charge in [-0.2, -0.15) is 0 Å². The average molecular weight is 366 g/mol. The van der Waals surface area contributed by atoms with Gasteiger partial charge in [0.05, 0.1) is 6.61 Å². The molecule has 1 fully saturated rings. The number of aryl methyl sites for hydroxylation is 2. The summed E-state index contributed by atoms with van der Waals surface area (Å²) in [5.74, 6) is 0.838. The van der Waals surface area contributed by atoms with Gasteiger partial charge in [0, 0.05) is 37.3 Å². The monoisotopic (exact) mass is 366 g/mol. The minimum Gasteiger partial charge on any atom is -0.494 e. The lowest BCUT2D eigenvalue weighted by atomic mass is 10.1. The molecule has 1 aliphatic rings. The lowest BCUT2D eigenvalue weighted by molar-refractivity contribution is 0.0535. The number of rotatable bonds is 4. The SMILES string of the molecule is CCOc1ccc(C(=O)N2CCN(C(=O)c3ccc(C)cc3)CC2)cc1C. The van der Waals surface area contributed by atoms with E-state index < -0.39 is 0 Å². The first-order valence-electron chi connectivity index (χ1n) is 9.38. The van der Waals surface area contributed by atoms with Gasteiger partial charge >= 0.3 is 0 Å². The number of nitrogens with zero attached hydrogens (tertiary/aromatic N) is 2. The van der Waals surface area contributed by atoms with E-state index in [1.54, 1.807) is 0 Å². The van der Waals surface area contributed by atoms with Crippen molar-refractivity contribution in [1.29, 1.82) is 0 Å². The highest BCUT2D eigenvalue weighted by Crippen LogP contribution is 2.21. The smallest absolute Gasteiger partial charge is 0.253 e. The molecule has 0 bridgehead atoms. The number of amides is 2. The van der Waals surface area contributed by atoms with Gasteiger partial charge < -0.3 is 14.5 Å². The van der Waals surface area contributed by atoms with Crippen molar-refractivity contribution >= 4 is 11.8 Å². The number of carbonyl (C=O) groups is 2. The third-order valence-corrected chi connectivity index (χ3v) is 4.87. The van der Waals surface area contributed by atoms with Crippen LogP contribution in [-0.4, -0.2) is 54.4 Å². The summed E-state index contributed by atoms with van der Waals surface area (Å²) >= 11 is 0. The molecule has 0 unspecified atom stereocenters. The number of carbonyl (C=O) groups excluding carboxylic acids is 2. The van der Waals surface area contributed by atoms with Gasteiger partial charge in [-0.3, -0.25) is 9.59 Å². The van der Waals surface area contributed by atoms with Crippen LogP contribution in [0.5, 0.6) is 5.75 Å². The molecule has 3 rings (SSSR count). The van der Waals surface area contributed by atoms with Gasteiger partial charge in [0.2, 0.25) is 0 Å². The molecule has 1 saturated heterocycles. The maximum absolute atomic E-state index is 12.8. The number of hydrogen-bond acceptors (Lipinski definition) is 3. The van der Waals surface area contributed by atoms with Crippen molar-refractivity contribution in [2.45, 2.75) is 20.8 Å². The zero-order chi connectivity index (χ0) is 19.4. The second kappa shape index (κ2) is 8.25. The van der Waals surface area contributed by atoms with Crippen molar-refractivity contribution in [3.63, 3.8) is 0 Å². The van der Waals surface area contributed by atoms with Crippen LogP contribution in [0, 0.1) is 13.8 Å². The molecule has 27 heavy (non-hydrogen) atoms. The lowest BCUT2D eigenvalue weighted by Gasteiger charge is -2.35. The van der Waals surface area contributed by atoms with Crippen LogP contribution in [0.2, 0.25) is 0 Å². The molecule has 5 heteroatoms. The average Bonchev–Trinajstić information content (AvgIpc) is 2.69. The molecule has 0 aliphatic carbocycles. The van der Waals surface area contributed by atoms with E-state index >= 15 is 0 Å². The number of hydrogen-bond donors (Lipinski definition) is 0. The van der Waals surface area contributed by atoms with E-state index in [0.717, 1.165) is 16.9 Å². The number of benzene rings is 2. The quantitative estimate of drug-likeness (QED) is 0.834. The molecule has 2 amide bonds. The second-order valence-electron chi connectivity index (χ2n) is 6.86. The topological polar surface area (TPSA) is 49.9 Å². The van der Waals surface area contributed by atoms with Crippen molar-refractivity contribution in [1.82, 2.24) is 9.80 Å². The van der Waals surface area contributed by atoms with Crippen LogP contribution in [0.3, 0.4) is 0 Å². The van der Waals surface area contributed by atoms with E-state index in [4.69, 9.17) is 4.74 Å². The molecule has 0 aromatic heterocycles. The molecule has 1 aliphatic heterocycles. The van der Waals surface area contributed by atoms with Gasteiger partial charge in [-0.15, -0.1) is 0 Å². The molecule has 2 aromatic rings. The van der Waals surface area contributed by atoms with Crippen LogP contribution in [0.25, 0.3) is 0 Å². The van der Waals surface area contributed by atoms with Gasteiger partial charge in [0.1, 0.15) is 5.75 Å². The van der Waals surface area contributed by atoms with Crippen LogP contribution in [-0.2, 0) is 0 Å². The first-order chi connectivity index (χ1) is 13.0. The van der Waals surface area contributed by atoms with Gasteiger partial charge in [-0.25, -0.2) is 0 Å². The van der Waals surface area contributed by atoms with E-state index in [1.807, 2.05) is 73.0 Å². The Morgan fingerprint density at radius 3 is 1.89 bits per heavy atom. The zero-order valence-corrected chi connectivity index (χ0v) is 16.2. The fourth-order valence-electron chi connectivity index (χ4n) is 3.27. The fraction of sp³-hybridized carbons (Fsp3) is 0.364. The fourth-order valence-corrected chi connectivity index (χ4v) is 3.27. The molecular weight excluding hydrogens is 340 g/mol. The summed E-state index contributed by atoms with van der Waals surface area (Å²) in [6.07, 6.45) is 0. The predicted octanol–water partition coefficient (Wildman–Crippen LogP) is 3.30. The lowest BCUT2D eigenvalue weighted by Crippen LogP contribution is -2.50. The Bertz CT molecular complexity index is 822. The van der Waals surface area contributed by atoms with Crippen molar-refractivity contribution < 1.29 is 14.3 Å². The van der Waals surface area contributed by atoms with Crippen LogP contribution >= 0.6 is 0 Å². The largest absolute Gasteiger partial charge is 0.494 e. The van der Waals surface area contributed by atoms with E-state index in [9.17, 15) is 9.59 Å². The molecule has 0 saturated carbocycles. The maximum Gasteiger partial charge on any atom is 0.253 e. The molecule has 2 aromatic carbocycles. The third-order valence-electron chi connectivity index (χ3n) is 4.87. The Morgan fingerprint density at radius 1 is 0.852 bits per heavy atom. The van der Waals surface area contributed by atoms with Crippen molar-refractivity contribution in [3.8, 4) is 5.75 Å². The van der Waals surface area contributed by atoms with Gasteiger partial charge in [0.25, 0.3) is 11.8 Å². The minimum absolute atomic E-state index is 0.00332. The second-order valence-corrected chi connectivity index (χ2v) is 6.86. The highest BCUT2D eigenvalue weighted by molar-refractivity contribution is 5.96. The summed E-state index contributed by atoms with van der Waals surface area (Å²) in [6.45, 7) is 8.68. The summed E-state index contributed by atoms with van der Waals surface area (Å²) in [5, 5.41) is 0. The van der Waals surface area contributed by atoms with Crippen LogP contribution in [0.4, 0.5) is 0 Å². The Morgan fingerprint density at radius 2 is 1.37 bits per heavy atom. The number of ether oxygens (including phenoxy) is 1. The summed E-state index contributed by atoms with van der Waals surface area (Å²) in [6, 6.07) is 13.1. The van der Waals surface area contributed by atoms with Crippen molar-refractivity contribution in [2.75, 3.05) is 32.8 Å². The van der Waals surface area contributed by atoms with Gasteiger partial charge in [0.15, 0.2) is 0 Å².